The lowest BCUT2D eigenvalue weighted by Crippen LogP contribution is -2.44. The number of H-pyrrole nitrogens is 1. The summed E-state index contributed by atoms with van der Waals surface area (Å²) in [6.07, 6.45) is 1.75. The van der Waals surface area contributed by atoms with Crippen molar-refractivity contribution in [1.82, 2.24) is 10.3 Å². The molecule has 19 heavy (non-hydrogen) atoms. The van der Waals surface area contributed by atoms with Crippen molar-refractivity contribution in [1.29, 1.82) is 0 Å². The molecule has 0 bridgehead atoms. The Labute approximate surface area is 110 Å². The van der Waals surface area contributed by atoms with Gasteiger partial charge in [-0.15, -0.1) is 0 Å². The minimum atomic E-state index is -1.02. The Hall–Kier alpha value is -2.30. The molecule has 0 saturated carbocycles. The number of aliphatic carboxylic acids is 1. The monoisotopic (exact) mass is 260 g/mol. The Balaban J connectivity index is 2.29. The Morgan fingerprint density at radius 3 is 2.63 bits per heavy atom. The lowest BCUT2D eigenvalue weighted by Gasteiger charge is -2.18. The molecular formula is C14H16N2O3. The third-order valence-electron chi connectivity index (χ3n) is 3.06. The molecule has 5 nitrogen and oxygen atoms in total. The van der Waals surface area contributed by atoms with Gasteiger partial charge in [0.1, 0.15) is 6.04 Å². The number of carbonyl (C=O) groups excluding carboxylic acids is 1. The van der Waals surface area contributed by atoms with Crippen molar-refractivity contribution in [3.8, 4) is 0 Å². The SMILES string of the molecule is CC(C)C(NC(=O)c1cccc2[nH]ccc12)C(=O)O. The van der Waals surface area contributed by atoms with Gasteiger partial charge in [-0.25, -0.2) is 4.79 Å². The lowest BCUT2D eigenvalue weighted by atomic mass is 10.0. The van der Waals surface area contributed by atoms with Crippen LogP contribution in [0.5, 0.6) is 0 Å². The number of carbonyl (C=O) groups is 2. The molecule has 0 spiro atoms. The summed E-state index contributed by atoms with van der Waals surface area (Å²) in [6.45, 7) is 3.52. The van der Waals surface area contributed by atoms with E-state index in [1.54, 1.807) is 38.2 Å². The maximum absolute atomic E-state index is 12.2. The van der Waals surface area contributed by atoms with E-state index in [2.05, 4.69) is 10.3 Å². The predicted molar refractivity (Wildman–Crippen MR) is 72.0 cm³/mol. The summed E-state index contributed by atoms with van der Waals surface area (Å²) < 4.78 is 0. The Morgan fingerprint density at radius 2 is 2.00 bits per heavy atom. The summed E-state index contributed by atoms with van der Waals surface area (Å²) in [5, 5.41) is 12.4. The molecule has 100 valence electrons. The second-order valence-corrected chi connectivity index (χ2v) is 4.78. The van der Waals surface area contributed by atoms with Gasteiger partial charge in [0.2, 0.25) is 0 Å². The number of nitrogens with one attached hydrogen (secondary N) is 2. The number of amides is 1. The van der Waals surface area contributed by atoms with E-state index in [0.29, 0.717) is 5.56 Å². The molecule has 0 aliphatic carbocycles. The summed E-state index contributed by atoms with van der Waals surface area (Å²) in [5.41, 5.74) is 1.33. The highest BCUT2D eigenvalue weighted by molar-refractivity contribution is 6.07. The highest BCUT2D eigenvalue weighted by Gasteiger charge is 2.24. The lowest BCUT2D eigenvalue weighted by molar-refractivity contribution is -0.140. The first-order chi connectivity index (χ1) is 9.00. The largest absolute Gasteiger partial charge is 0.480 e. The first-order valence-corrected chi connectivity index (χ1v) is 6.10. The number of aromatic amines is 1. The average molecular weight is 260 g/mol. The molecule has 0 radical (unpaired) electrons. The van der Waals surface area contributed by atoms with E-state index in [9.17, 15) is 9.59 Å². The number of benzene rings is 1. The second kappa shape index (κ2) is 5.14. The van der Waals surface area contributed by atoms with Crippen molar-refractivity contribution in [3.63, 3.8) is 0 Å². The highest BCUT2D eigenvalue weighted by Crippen LogP contribution is 2.17. The van der Waals surface area contributed by atoms with Gasteiger partial charge < -0.3 is 15.4 Å². The average Bonchev–Trinajstić information content (AvgIpc) is 2.82. The van der Waals surface area contributed by atoms with Crippen LogP contribution in [0.25, 0.3) is 10.9 Å². The first-order valence-electron chi connectivity index (χ1n) is 6.10. The summed E-state index contributed by atoms with van der Waals surface area (Å²) in [7, 11) is 0. The van der Waals surface area contributed by atoms with Gasteiger partial charge in [0.05, 0.1) is 0 Å². The Morgan fingerprint density at radius 1 is 1.26 bits per heavy atom. The van der Waals surface area contributed by atoms with Crippen LogP contribution in [0, 0.1) is 5.92 Å². The van der Waals surface area contributed by atoms with Crippen LogP contribution < -0.4 is 5.32 Å². The molecule has 3 N–H and O–H groups in total. The maximum atomic E-state index is 12.2. The standard InChI is InChI=1S/C14H16N2O3/c1-8(2)12(14(18)19)16-13(17)10-4-3-5-11-9(10)6-7-15-11/h3-8,12,15H,1-2H3,(H,16,17)(H,18,19). The van der Waals surface area contributed by atoms with Crippen molar-refractivity contribution in [2.45, 2.75) is 19.9 Å². The fourth-order valence-corrected chi connectivity index (χ4v) is 2.02. The van der Waals surface area contributed by atoms with E-state index in [1.165, 1.54) is 0 Å². The van der Waals surface area contributed by atoms with E-state index < -0.39 is 12.0 Å². The summed E-state index contributed by atoms with van der Waals surface area (Å²) in [4.78, 5) is 26.3. The van der Waals surface area contributed by atoms with Crippen molar-refractivity contribution >= 4 is 22.8 Å². The topological polar surface area (TPSA) is 82.2 Å². The molecule has 5 heteroatoms. The number of hydrogen-bond donors (Lipinski definition) is 3. The summed E-state index contributed by atoms with van der Waals surface area (Å²) in [5.74, 6) is -1.57. The molecule has 0 saturated heterocycles. The van der Waals surface area contributed by atoms with Gasteiger partial charge in [0.15, 0.2) is 0 Å². The van der Waals surface area contributed by atoms with E-state index in [4.69, 9.17) is 5.11 Å². The van der Waals surface area contributed by atoms with E-state index in [1.807, 2.05) is 6.07 Å². The fraction of sp³-hybridized carbons (Fsp3) is 0.286. The molecule has 1 aromatic carbocycles. The summed E-state index contributed by atoms with van der Waals surface area (Å²) >= 11 is 0. The van der Waals surface area contributed by atoms with E-state index in [0.717, 1.165) is 10.9 Å². The number of carboxylic acids is 1. The summed E-state index contributed by atoms with van der Waals surface area (Å²) in [6, 6.07) is 6.23. The third-order valence-corrected chi connectivity index (χ3v) is 3.06. The minimum Gasteiger partial charge on any atom is -0.480 e. The molecule has 1 atom stereocenters. The number of hydrogen-bond acceptors (Lipinski definition) is 2. The minimum absolute atomic E-state index is 0.174. The normalized spacial score (nSPS) is 12.6. The Bertz CT molecular complexity index is 616. The van der Waals surface area contributed by atoms with Gasteiger partial charge in [-0.1, -0.05) is 19.9 Å². The fourth-order valence-electron chi connectivity index (χ4n) is 2.02. The molecule has 0 aliphatic heterocycles. The van der Waals surface area contributed by atoms with Gasteiger partial charge in [-0.05, 0) is 24.1 Å². The number of fused-ring (bicyclic) bond motifs is 1. The van der Waals surface area contributed by atoms with Crippen molar-refractivity contribution in [2.75, 3.05) is 0 Å². The van der Waals surface area contributed by atoms with Crippen LogP contribution in [0.1, 0.15) is 24.2 Å². The van der Waals surface area contributed by atoms with Crippen LogP contribution in [0.3, 0.4) is 0 Å². The zero-order valence-electron chi connectivity index (χ0n) is 10.8. The number of aromatic nitrogens is 1. The van der Waals surface area contributed by atoms with Crippen molar-refractivity contribution in [2.24, 2.45) is 5.92 Å². The molecular weight excluding hydrogens is 244 g/mol. The van der Waals surface area contributed by atoms with Crippen LogP contribution in [0.2, 0.25) is 0 Å². The van der Waals surface area contributed by atoms with Gasteiger partial charge in [-0.2, -0.15) is 0 Å². The molecule has 1 amide bonds. The van der Waals surface area contributed by atoms with Crippen molar-refractivity contribution < 1.29 is 14.7 Å². The Kier molecular flexibility index (Phi) is 3.55. The van der Waals surface area contributed by atoms with Crippen LogP contribution in [-0.2, 0) is 4.79 Å². The van der Waals surface area contributed by atoms with E-state index in [-0.39, 0.29) is 11.8 Å². The third kappa shape index (κ3) is 2.59. The van der Waals surface area contributed by atoms with E-state index >= 15 is 0 Å². The zero-order valence-corrected chi connectivity index (χ0v) is 10.8. The zero-order chi connectivity index (χ0) is 14.0. The molecule has 1 unspecified atom stereocenters. The first kappa shape index (κ1) is 13.1. The number of carboxylic acid groups (broad SMARTS) is 1. The molecule has 0 aliphatic rings. The van der Waals surface area contributed by atoms with Gasteiger partial charge >= 0.3 is 5.97 Å². The molecule has 2 aromatic rings. The predicted octanol–water partition coefficient (Wildman–Crippen LogP) is 2.01. The van der Waals surface area contributed by atoms with Crippen LogP contribution >= 0.6 is 0 Å². The van der Waals surface area contributed by atoms with Crippen LogP contribution in [-0.4, -0.2) is 28.0 Å². The molecule has 1 heterocycles. The van der Waals surface area contributed by atoms with Gasteiger partial charge in [0, 0.05) is 22.7 Å². The van der Waals surface area contributed by atoms with Gasteiger partial charge in [-0.3, -0.25) is 4.79 Å². The molecule has 0 fully saturated rings. The second-order valence-electron chi connectivity index (χ2n) is 4.78. The smallest absolute Gasteiger partial charge is 0.326 e. The number of rotatable bonds is 4. The van der Waals surface area contributed by atoms with Crippen LogP contribution in [0.4, 0.5) is 0 Å². The molecule has 1 aromatic heterocycles. The van der Waals surface area contributed by atoms with Crippen LogP contribution in [0.15, 0.2) is 30.5 Å². The highest BCUT2D eigenvalue weighted by atomic mass is 16.4. The molecule has 2 rings (SSSR count). The van der Waals surface area contributed by atoms with Crippen molar-refractivity contribution in [3.05, 3.63) is 36.0 Å². The quantitative estimate of drug-likeness (QED) is 0.786. The van der Waals surface area contributed by atoms with Gasteiger partial charge in [0.25, 0.3) is 5.91 Å². The maximum Gasteiger partial charge on any atom is 0.326 e.